The molecule has 1 saturated heterocycles. The zero-order chi connectivity index (χ0) is 24.0. The fraction of sp³-hybridized carbons (Fsp3) is 0.286. The van der Waals surface area contributed by atoms with Gasteiger partial charge in [-0.1, -0.05) is 17.3 Å². The van der Waals surface area contributed by atoms with Crippen molar-refractivity contribution in [2.24, 2.45) is 7.05 Å². The van der Waals surface area contributed by atoms with E-state index in [9.17, 15) is 19.1 Å². The Labute approximate surface area is 250 Å². The Morgan fingerprint density at radius 2 is 1.92 bits per heavy atom. The molecule has 3 aromatic rings. The summed E-state index contributed by atoms with van der Waals surface area (Å²) >= 11 is 0. The van der Waals surface area contributed by atoms with E-state index in [-0.39, 0.29) is 71.3 Å². The van der Waals surface area contributed by atoms with Gasteiger partial charge in [0.05, 0.1) is 32.9 Å². The maximum absolute atomic E-state index is 15.1. The molecular formula is C21H19FN5Na2O6P. The van der Waals surface area contributed by atoms with Crippen LogP contribution in [0.4, 0.5) is 20.7 Å². The van der Waals surface area contributed by atoms with E-state index in [1.54, 1.807) is 23.0 Å². The number of benzene rings is 2. The van der Waals surface area contributed by atoms with Gasteiger partial charge >= 0.3 is 65.2 Å². The number of amides is 1. The number of carbonyl (C=O) groups excluding carboxylic acids is 1. The summed E-state index contributed by atoms with van der Waals surface area (Å²) in [5, 5.41) is 7.88. The summed E-state index contributed by atoms with van der Waals surface area (Å²) in [4.78, 5) is 36.7. The molecule has 2 aliphatic heterocycles. The predicted molar refractivity (Wildman–Crippen MR) is 114 cm³/mol. The largest absolute Gasteiger partial charge is 1.00 e. The fourth-order valence-electron chi connectivity index (χ4n) is 4.19. The van der Waals surface area contributed by atoms with Crippen LogP contribution in [0.2, 0.25) is 0 Å². The number of phosphoric ester groups is 1. The van der Waals surface area contributed by atoms with Crippen molar-refractivity contribution >= 4 is 25.4 Å². The van der Waals surface area contributed by atoms with E-state index in [0.717, 1.165) is 21.8 Å². The Morgan fingerprint density at radius 3 is 2.58 bits per heavy atom. The number of hydrogen-bond donors (Lipinski definition) is 0. The number of halogens is 1. The molecule has 5 rings (SSSR count). The van der Waals surface area contributed by atoms with Gasteiger partial charge in [-0.05, 0) is 41.0 Å². The van der Waals surface area contributed by atoms with Gasteiger partial charge in [0.2, 0.25) is 0 Å². The number of anilines is 2. The third-order valence-corrected chi connectivity index (χ3v) is 6.28. The SMILES string of the molecule is Cn1nncc1N1Cc2ccc(-c3ccc(N4C[C@H](COP(=O)([O-])[O-])OC4=O)cc3F)cc2C1.[Na+].[Na+]. The van der Waals surface area contributed by atoms with Crippen LogP contribution in [0.5, 0.6) is 0 Å². The standard InChI is InChI=1S/C21H21FN5O6P.2Na/c1-25-20(8-23-24-25)26-9-14-3-2-13(6-15(14)10-26)18-5-4-16(7-19(18)22)27-11-17(33-21(27)28)12-32-34(29,30)31;;/h2-8,17H,9-12H2,1H3,(H2,29,30,31);;/q;2*+1/p-2/t17-;;/m1../s1. The number of nitrogens with zero attached hydrogens (tertiary/aromatic N) is 5. The molecule has 1 fully saturated rings. The van der Waals surface area contributed by atoms with Crippen LogP contribution in [-0.4, -0.2) is 40.3 Å². The second-order valence-electron chi connectivity index (χ2n) is 8.08. The van der Waals surface area contributed by atoms with Crippen molar-refractivity contribution in [1.29, 1.82) is 0 Å². The maximum atomic E-state index is 15.1. The van der Waals surface area contributed by atoms with E-state index in [1.807, 2.05) is 25.2 Å². The Hall–Kier alpha value is -1.31. The van der Waals surface area contributed by atoms with Gasteiger partial charge in [0.1, 0.15) is 17.7 Å². The van der Waals surface area contributed by atoms with Gasteiger partial charge in [-0.3, -0.25) is 4.90 Å². The molecular weight excluding hydrogens is 514 g/mol. The number of carbonyl (C=O) groups is 1. The molecule has 3 heterocycles. The Bertz CT molecular complexity index is 1320. The number of phosphoric acid groups is 1. The maximum Gasteiger partial charge on any atom is 1.00 e. The molecule has 0 N–H and O–H groups in total. The van der Waals surface area contributed by atoms with Gasteiger partial charge in [-0.2, -0.15) is 0 Å². The molecule has 2 aliphatic rings. The number of hydrogen-bond acceptors (Lipinski definition) is 9. The van der Waals surface area contributed by atoms with Gasteiger partial charge in [0, 0.05) is 25.7 Å². The quantitative estimate of drug-likeness (QED) is 0.226. The summed E-state index contributed by atoms with van der Waals surface area (Å²) in [6, 6.07) is 10.1. The molecule has 0 unspecified atom stereocenters. The number of aryl methyl sites for hydroxylation is 1. The fourth-order valence-corrected chi connectivity index (χ4v) is 4.54. The van der Waals surface area contributed by atoms with Crippen molar-refractivity contribution in [3.8, 4) is 11.1 Å². The molecule has 0 radical (unpaired) electrons. The van der Waals surface area contributed by atoms with Crippen LogP contribution in [0.1, 0.15) is 11.1 Å². The van der Waals surface area contributed by atoms with E-state index in [4.69, 9.17) is 4.74 Å². The van der Waals surface area contributed by atoms with Crippen molar-refractivity contribution < 1.29 is 91.9 Å². The normalized spacial score (nSPS) is 16.9. The summed E-state index contributed by atoms with van der Waals surface area (Å²) in [5.41, 5.74) is 3.53. The van der Waals surface area contributed by atoms with Crippen LogP contribution in [0.25, 0.3) is 11.1 Å². The van der Waals surface area contributed by atoms with Crippen LogP contribution < -0.4 is 78.7 Å². The predicted octanol–water partition coefficient (Wildman–Crippen LogP) is -4.68. The minimum absolute atomic E-state index is 0. The van der Waals surface area contributed by atoms with E-state index in [0.29, 0.717) is 24.2 Å². The number of rotatable bonds is 6. The van der Waals surface area contributed by atoms with Crippen molar-refractivity contribution in [3.63, 3.8) is 0 Å². The van der Waals surface area contributed by atoms with Crippen LogP contribution >= 0.6 is 7.82 Å². The molecule has 11 nitrogen and oxygen atoms in total. The first-order chi connectivity index (χ1) is 16.2. The number of cyclic esters (lactones) is 1. The van der Waals surface area contributed by atoms with E-state index in [1.165, 1.54) is 6.07 Å². The second kappa shape index (κ2) is 11.6. The third-order valence-electron chi connectivity index (χ3n) is 5.81. The van der Waals surface area contributed by atoms with Crippen molar-refractivity contribution in [1.82, 2.24) is 15.0 Å². The van der Waals surface area contributed by atoms with Crippen LogP contribution in [0, 0.1) is 5.82 Å². The zero-order valence-corrected chi connectivity index (χ0v) is 24.9. The molecule has 1 aromatic heterocycles. The van der Waals surface area contributed by atoms with Gasteiger partial charge in [-0.25, -0.2) is 13.9 Å². The molecule has 0 bridgehead atoms. The van der Waals surface area contributed by atoms with Gasteiger partial charge in [0.15, 0.2) is 0 Å². The van der Waals surface area contributed by atoms with Crippen LogP contribution in [-0.2, 0) is 34.0 Å². The minimum Gasteiger partial charge on any atom is -0.790 e. The molecule has 15 heteroatoms. The molecule has 2 aromatic carbocycles. The monoisotopic (exact) mass is 533 g/mol. The second-order valence-corrected chi connectivity index (χ2v) is 9.23. The summed E-state index contributed by atoms with van der Waals surface area (Å²) in [7, 11) is -3.36. The number of ether oxygens (including phenoxy) is 1. The minimum atomic E-state index is -5.19. The van der Waals surface area contributed by atoms with E-state index >= 15 is 4.39 Å². The van der Waals surface area contributed by atoms with Crippen LogP contribution in [0.15, 0.2) is 42.6 Å². The molecule has 0 saturated carbocycles. The van der Waals surface area contributed by atoms with Gasteiger partial charge < -0.3 is 28.5 Å². The average molecular weight is 533 g/mol. The molecule has 1 atom stereocenters. The van der Waals surface area contributed by atoms with Crippen LogP contribution in [0.3, 0.4) is 0 Å². The first-order valence-electron chi connectivity index (χ1n) is 10.3. The summed E-state index contributed by atoms with van der Waals surface area (Å²) in [5.74, 6) is 0.363. The van der Waals surface area contributed by atoms with Gasteiger partial charge in [-0.15, -0.1) is 5.10 Å². The first kappa shape index (κ1) is 29.2. The number of aromatic nitrogens is 3. The Morgan fingerprint density at radius 1 is 1.17 bits per heavy atom. The summed E-state index contributed by atoms with van der Waals surface area (Å²) in [6.45, 7) is 0.685. The summed E-state index contributed by atoms with van der Waals surface area (Å²) in [6.07, 6.45) is -0.0407. The van der Waals surface area contributed by atoms with Crippen molar-refractivity contribution in [2.75, 3.05) is 23.0 Å². The number of fused-ring (bicyclic) bond motifs is 1. The Kier molecular flexibility index (Phi) is 9.43. The zero-order valence-electron chi connectivity index (χ0n) is 20.0. The smallest absolute Gasteiger partial charge is 0.790 e. The van der Waals surface area contributed by atoms with E-state index < -0.39 is 32.4 Å². The molecule has 1 amide bonds. The molecule has 0 spiro atoms. The molecule has 178 valence electrons. The van der Waals surface area contributed by atoms with E-state index in [2.05, 4.69) is 19.7 Å². The first-order valence-corrected chi connectivity index (χ1v) is 11.8. The topological polar surface area (TPSA) is 136 Å². The van der Waals surface area contributed by atoms with Gasteiger partial charge in [0.25, 0.3) is 0 Å². The van der Waals surface area contributed by atoms with Crippen molar-refractivity contribution in [2.45, 2.75) is 19.2 Å². The summed E-state index contributed by atoms with van der Waals surface area (Å²) < 4.78 is 36.6. The molecule has 0 aliphatic carbocycles. The average Bonchev–Trinajstić information content (AvgIpc) is 3.48. The van der Waals surface area contributed by atoms with Crippen molar-refractivity contribution in [3.05, 3.63) is 59.5 Å². The molecule has 36 heavy (non-hydrogen) atoms. The Balaban J connectivity index is 0.00000180. The third kappa shape index (κ3) is 6.21.